The Hall–Kier alpha value is -1.35. The molecule has 21 heavy (non-hydrogen) atoms. The smallest absolute Gasteiger partial charge is 0.193 e. The number of anilines is 1. The Morgan fingerprint density at radius 3 is 2.81 bits per heavy atom. The van der Waals surface area contributed by atoms with E-state index in [4.69, 9.17) is 10.5 Å². The summed E-state index contributed by atoms with van der Waals surface area (Å²) in [6.45, 7) is 4.52. The van der Waals surface area contributed by atoms with Crippen LogP contribution in [0.15, 0.2) is 29.3 Å². The fourth-order valence-electron chi connectivity index (χ4n) is 1.77. The summed E-state index contributed by atoms with van der Waals surface area (Å²) in [6.07, 6.45) is 0. The minimum absolute atomic E-state index is 0. The molecule has 0 unspecified atom stereocenters. The fourth-order valence-corrected chi connectivity index (χ4v) is 2.59. The van der Waals surface area contributed by atoms with E-state index in [2.05, 4.69) is 15.3 Å². The minimum Gasteiger partial charge on any atom is -0.497 e. The second-order valence-electron chi connectivity index (χ2n) is 4.29. The van der Waals surface area contributed by atoms with Crippen molar-refractivity contribution < 1.29 is 4.74 Å². The molecule has 0 radical (unpaired) electrons. The van der Waals surface area contributed by atoms with Crippen LogP contribution in [0.1, 0.15) is 15.6 Å². The number of ether oxygens (including phenoxy) is 1. The number of nitrogens with two attached hydrogens (primary N) is 1. The van der Waals surface area contributed by atoms with E-state index in [1.54, 1.807) is 18.4 Å². The second-order valence-corrected chi connectivity index (χ2v) is 5.70. The molecule has 5 nitrogen and oxygen atoms in total. The van der Waals surface area contributed by atoms with Gasteiger partial charge < -0.3 is 15.8 Å². The predicted molar refractivity (Wildman–Crippen MR) is 98.9 cm³/mol. The number of rotatable bonds is 4. The maximum Gasteiger partial charge on any atom is 0.193 e. The summed E-state index contributed by atoms with van der Waals surface area (Å²) >= 11 is 1.67. The van der Waals surface area contributed by atoms with Crippen LogP contribution in [0.4, 0.5) is 5.69 Å². The normalized spacial score (nSPS) is 10.9. The number of nitrogens with zero attached hydrogens (tertiary/aromatic N) is 2. The molecule has 1 heterocycles. The molecule has 1 aromatic carbocycles. The van der Waals surface area contributed by atoms with Gasteiger partial charge in [0.15, 0.2) is 5.96 Å². The van der Waals surface area contributed by atoms with Crippen molar-refractivity contribution in [2.45, 2.75) is 20.4 Å². The van der Waals surface area contributed by atoms with Crippen LogP contribution in [0.5, 0.6) is 5.75 Å². The first-order valence-corrected chi connectivity index (χ1v) is 7.04. The Balaban J connectivity index is 0.00000220. The molecule has 0 atom stereocenters. The molecular formula is C14H19IN4OS. The van der Waals surface area contributed by atoms with Crippen LogP contribution < -0.4 is 15.8 Å². The standard InChI is InChI=1S/C14H18N4OS.HI/c1-9-13(17-10(2)20-9)8-16-14(15)18-11-5-4-6-12(7-11)19-3;/h4-7H,8H2,1-3H3,(H3,15,16,18);1H. The number of hydrogen-bond donors (Lipinski definition) is 2. The van der Waals surface area contributed by atoms with Crippen LogP contribution in [0.25, 0.3) is 0 Å². The number of nitrogens with one attached hydrogen (secondary N) is 1. The van der Waals surface area contributed by atoms with Gasteiger partial charge in [-0.2, -0.15) is 0 Å². The van der Waals surface area contributed by atoms with Crippen LogP contribution in [0, 0.1) is 13.8 Å². The van der Waals surface area contributed by atoms with Gasteiger partial charge in [0.05, 0.1) is 24.4 Å². The van der Waals surface area contributed by atoms with Crippen molar-refractivity contribution in [1.82, 2.24) is 4.98 Å². The van der Waals surface area contributed by atoms with Gasteiger partial charge in [0.25, 0.3) is 0 Å². The van der Waals surface area contributed by atoms with Gasteiger partial charge >= 0.3 is 0 Å². The highest BCUT2D eigenvalue weighted by molar-refractivity contribution is 14.0. The van der Waals surface area contributed by atoms with Crippen LogP contribution in [-0.4, -0.2) is 18.1 Å². The Bertz CT molecular complexity index is 627. The Morgan fingerprint density at radius 2 is 2.19 bits per heavy atom. The highest BCUT2D eigenvalue weighted by atomic mass is 127. The first-order valence-electron chi connectivity index (χ1n) is 6.22. The molecule has 0 spiro atoms. The first kappa shape index (κ1) is 17.7. The van der Waals surface area contributed by atoms with E-state index in [0.717, 1.165) is 22.1 Å². The van der Waals surface area contributed by atoms with E-state index in [-0.39, 0.29) is 24.0 Å². The van der Waals surface area contributed by atoms with Gasteiger partial charge in [0.1, 0.15) is 5.75 Å². The summed E-state index contributed by atoms with van der Waals surface area (Å²) in [5, 5.41) is 4.08. The molecule has 0 amide bonds. The number of hydrogen-bond acceptors (Lipinski definition) is 4. The van der Waals surface area contributed by atoms with Crippen molar-refractivity contribution in [1.29, 1.82) is 0 Å². The largest absolute Gasteiger partial charge is 0.497 e. The number of guanidine groups is 1. The van der Waals surface area contributed by atoms with Gasteiger partial charge in [-0.05, 0) is 26.0 Å². The van der Waals surface area contributed by atoms with E-state index in [1.807, 2.05) is 38.1 Å². The Labute approximate surface area is 145 Å². The third-order valence-electron chi connectivity index (χ3n) is 2.74. The SMILES string of the molecule is COc1cccc(NC(N)=NCc2nc(C)sc2C)c1.I. The maximum atomic E-state index is 5.88. The molecule has 0 aliphatic carbocycles. The highest BCUT2D eigenvalue weighted by Gasteiger charge is 2.04. The number of aliphatic imine (C=N–C) groups is 1. The zero-order valence-electron chi connectivity index (χ0n) is 12.2. The fraction of sp³-hybridized carbons (Fsp3) is 0.286. The Morgan fingerprint density at radius 1 is 1.43 bits per heavy atom. The highest BCUT2D eigenvalue weighted by Crippen LogP contribution is 2.18. The molecular weight excluding hydrogens is 399 g/mol. The van der Waals surface area contributed by atoms with Crippen LogP contribution in [-0.2, 0) is 6.54 Å². The molecule has 0 saturated heterocycles. The lowest BCUT2D eigenvalue weighted by Crippen LogP contribution is -2.22. The first-order chi connectivity index (χ1) is 9.58. The molecule has 0 fully saturated rings. The predicted octanol–water partition coefficient (Wildman–Crippen LogP) is 3.31. The van der Waals surface area contributed by atoms with E-state index >= 15 is 0 Å². The summed E-state index contributed by atoms with van der Waals surface area (Å²) in [7, 11) is 1.63. The third-order valence-corrected chi connectivity index (χ3v) is 3.67. The summed E-state index contributed by atoms with van der Waals surface area (Å²) in [5.41, 5.74) is 7.69. The van der Waals surface area contributed by atoms with Crippen molar-refractivity contribution in [2.24, 2.45) is 10.7 Å². The van der Waals surface area contributed by atoms with E-state index in [9.17, 15) is 0 Å². The second kappa shape index (κ2) is 8.18. The summed E-state index contributed by atoms with van der Waals surface area (Å²) in [6, 6.07) is 7.53. The van der Waals surface area contributed by atoms with E-state index < -0.39 is 0 Å². The van der Waals surface area contributed by atoms with Gasteiger partial charge in [0.2, 0.25) is 0 Å². The zero-order valence-corrected chi connectivity index (χ0v) is 15.4. The summed E-state index contributed by atoms with van der Waals surface area (Å²) < 4.78 is 5.15. The lowest BCUT2D eigenvalue weighted by molar-refractivity contribution is 0.415. The lowest BCUT2D eigenvalue weighted by Gasteiger charge is -2.07. The third kappa shape index (κ3) is 5.16. The molecule has 1 aromatic heterocycles. The number of halogens is 1. The monoisotopic (exact) mass is 418 g/mol. The van der Waals surface area contributed by atoms with Crippen LogP contribution in [0.2, 0.25) is 0 Å². The molecule has 3 N–H and O–H groups in total. The van der Waals surface area contributed by atoms with Crippen LogP contribution >= 0.6 is 35.3 Å². The van der Waals surface area contributed by atoms with Gasteiger partial charge in [-0.3, -0.25) is 0 Å². The average Bonchev–Trinajstić information content (AvgIpc) is 2.75. The van der Waals surface area contributed by atoms with Crippen LogP contribution in [0.3, 0.4) is 0 Å². The van der Waals surface area contributed by atoms with Crippen molar-refractivity contribution >= 4 is 47.0 Å². The molecule has 2 aromatic rings. The summed E-state index contributed by atoms with van der Waals surface area (Å²) in [5.74, 6) is 1.14. The topological polar surface area (TPSA) is 72.5 Å². The van der Waals surface area contributed by atoms with Gasteiger partial charge in [-0.15, -0.1) is 35.3 Å². The zero-order chi connectivity index (χ0) is 14.5. The molecule has 0 bridgehead atoms. The van der Waals surface area contributed by atoms with Gasteiger partial charge in [-0.1, -0.05) is 6.07 Å². The quantitative estimate of drug-likeness (QED) is 0.454. The maximum absolute atomic E-state index is 5.88. The summed E-state index contributed by atoms with van der Waals surface area (Å²) in [4.78, 5) is 9.91. The molecule has 0 aliphatic rings. The molecule has 0 saturated carbocycles. The molecule has 2 rings (SSSR count). The number of aryl methyl sites for hydroxylation is 2. The molecule has 114 valence electrons. The number of aromatic nitrogens is 1. The molecule has 0 aliphatic heterocycles. The van der Waals surface area contributed by atoms with Crippen molar-refractivity contribution in [3.05, 3.63) is 39.8 Å². The number of methoxy groups -OCH3 is 1. The molecule has 7 heteroatoms. The van der Waals surface area contributed by atoms with E-state index in [1.165, 1.54) is 4.88 Å². The average molecular weight is 418 g/mol. The van der Waals surface area contributed by atoms with Crippen molar-refractivity contribution in [3.63, 3.8) is 0 Å². The van der Waals surface area contributed by atoms with Gasteiger partial charge in [0, 0.05) is 16.6 Å². The number of thiazole rings is 1. The van der Waals surface area contributed by atoms with E-state index in [0.29, 0.717) is 12.5 Å². The van der Waals surface area contributed by atoms with Crippen molar-refractivity contribution in [3.8, 4) is 5.75 Å². The minimum atomic E-state index is 0. The number of benzene rings is 1. The Kier molecular flexibility index (Phi) is 6.90. The van der Waals surface area contributed by atoms with Gasteiger partial charge in [-0.25, -0.2) is 9.98 Å². The lowest BCUT2D eigenvalue weighted by atomic mass is 10.3. The van der Waals surface area contributed by atoms with Crippen molar-refractivity contribution in [2.75, 3.05) is 12.4 Å².